The van der Waals surface area contributed by atoms with E-state index in [4.69, 9.17) is 9.26 Å². The van der Waals surface area contributed by atoms with Gasteiger partial charge in [-0.05, 0) is 22.6 Å². The normalized spacial score (nSPS) is 10.7. The molecule has 0 aromatic carbocycles. The molecular weight excluding hydrogens is 337 g/mol. The van der Waals surface area contributed by atoms with Crippen LogP contribution in [-0.4, -0.2) is 22.0 Å². The molecule has 0 bridgehead atoms. The molecule has 0 amide bonds. The summed E-state index contributed by atoms with van der Waals surface area (Å²) < 4.78 is 12.1. The molecule has 0 N–H and O–H groups in total. The summed E-state index contributed by atoms with van der Waals surface area (Å²) in [5.41, 5.74) is 0.487. The molecule has 0 aliphatic rings. The van der Waals surface area contributed by atoms with Gasteiger partial charge in [-0.1, -0.05) is 5.16 Å². The highest BCUT2D eigenvalue weighted by Gasteiger charge is 2.06. The van der Waals surface area contributed by atoms with Crippen molar-refractivity contribution in [2.45, 2.75) is 13.2 Å². The highest BCUT2D eigenvalue weighted by molar-refractivity contribution is 14.1. The lowest BCUT2D eigenvalue weighted by Crippen LogP contribution is -2.22. The van der Waals surface area contributed by atoms with Crippen LogP contribution < -0.4 is 5.56 Å². The molecule has 2 heterocycles. The van der Waals surface area contributed by atoms with E-state index >= 15 is 0 Å². The summed E-state index contributed by atoms with van der Waals surface area (Å²) in [6.45, 7) is 0.658. The van der Waals surface area contributed by atoms with Crippen LogP contribution in [0, 0.1) is 3.57 Å². The van der Waals surface area contributed by atoms with Crippen molar-refractivity contribution in [3.63, 3.8) is 0 Å². The first-order valence-electron chi connectivity index (χ1n) is 4.85. The number of hydrogen-bond donors (Lipinski definition) is 0. The highest BCUT2D eigenvalue weighted by Crippen LogP contribution is 2.05. The molecule has 0 atom stereocenters. The largest absolute Gasteiger partial charge is 0.377 e. The number of halogens is 1. The van der Waals surface area contributed by atoms with Gasteiger partial charge in [-0.2, -0.15) is 5.10 Å². The number of methoxy groups -OCH3 is 1. The van der Waals surface area contributed by atoms with Crippen molar-refractivity contribution in [3.8, 4) is 0 Å². The highest BCUT2D eigenvalue weighted by atomic mass is 127. The van der Waals surface area contributed by atoms with Crippen LogP contribution in [0.2, 0.25) is 0 Å². The predicted molar refractivity (Wildman–Crippen MR) is 67.5 cm³/mol. The van der Waals surface area contributed by atoms with Gasteiger partial charge in [0.05, 0.1) is 12.7 Å². The van der Waals surface area contributed by atoms with E-state index in [2.05, 4.69) is 10.3 Å². The van der Waals surface area contributed by atoms with Gasteiger partial charge in [0.2, 0.25) is 0 Å². The molecule has 0 saturated heterocycles. The topological polar surface area (TPSA) is 70.2 Å². The van der Waals surface area contributed by atoms with Gasteiger partial charge in [0, 0.05) is 22.8 Å². The lowest BCUT2D eigenvalue weighted by atomic mass is 10.3. The van der Waals surface area contributed by atoms with Crippen LogP contribution in [0.15, 0.2) is 27.6 Å². The van der Waals surface area contributed by atoms with Gasteiger partial charge in [-0.15, -0.1) is 0 Å². The van der Waals surface area contributed by atoms with Crippen LogP contribution in [0.4, 0.5) is 0 Å². The van der Waals surface area contributed by atoms with Gasteiger partial charge in [0.1, 0.15) is 12.3 Å². The van der Waals surface area contributed by atoms with Crippen molar-refractivity contribution in [2.75, 3.05) is 7.11 Å². The summed E-state index contributed by atoms with van der Waals surface area (Å²) in [4.78, 5) is 11.6. The summed E-state index contributed by atoms with van der Waals surface area (Å²) in [6.07, 6.45) is 1.62. The molecule has 17 heavy (non-hydrogen) atoms. The van der Waals surface area contributed by atoms with Gasteiger partial charge in [0.15, 0.2) is 5.76 Å². The minimum atomic E-state index is -0.159. The Balaban J connectivity index is 2.16. The first-order chi connectivity index (χ1) is 8.19. The Labute approximate surface area is 111 Å². The molecule has 90 valence electrons. The van der Waals surface area contributed by atoms with E-state index in [0.29, 0.717) is 24.6 Å². The second-order valence-electron chi connectivity index (χ2n) is 3.39. The smallest absolute Gasteiger partial charge is 0.268 e. The lowest BCUT2D eigenvalue weighted by Gasteiger charge is -1.99. The summed E-state index contributed by atoms with van der Waals surface area (Å²) >= 11 is 2.04. The van der Waals surface area contributed by atoms with Gasteiger partial charge in [0.25, 0.3) is 5.56 Å². The second-order valence-corrected chi connectivity index (χ2v) is 4.63. The minimum Gasteiger partial charge on any atom is -0.377 e. The Morgan fingerprint density at radius 1 is 1.53 bits per heavy atom. The average Bonchev–Trinajstić information content (AvgIpc) is 2.71. The van der Waals surface area contributed by atoms with Crippen molar-refractivity contribution in [2.24, 2.45) is 0 Å². The van der Waals surface area contributed by atoms with Crippen LogP contribution in [-0.2, 0) is 17.9 Å². The molecule has 0 aliphatic carbocycles. The van der Waals surface area contributed by atoms with Gasteiger partial charge < -0.3 is 9.26 Å². The fourth-order valence-corrected chi connectivity index (χ4v) is 1.72. The third-order valence-electron chi connectivity index (χ3n) is 2.04. The van der Waals surface area contributed by atoms with E-state index in [1.54, 1.807) is 19.4 Å². The van der Waals surface area contributed by atoms with Crippen molar-refractivity contribution in [3.05, 3.63) is 43.7 Å². The first-order valence-corrected chi connectivity index (χ1v) is 5.93. The number of hydrogen-bond acceptors (Lipinski definition) is 5. The maximum atomic E-state index is 11.6. The maximum absolute atomic E-state index is 11.6. The third kappa shape index (κ3) is 3.13. The van der Waals surface area contributed by atoms with E-state index in [-0.39, 0.29) is 5.56 Å². The van der Waals surface area contributed by atoms with E-state index in [1.165, 1.54) is 10.7 Å². The Bertz CT molecular complexity index is 564. The predicted octanol–water partition coefficient (Wildman–Crippen LogP) is 1.03. The third-order valence-corrected chi connectivity index (χ3v) is 2.63. The molecular formula is C10H10IN3O3. The van der Waals surface area contributed by atoms with Crippen LogP contribution in [0.3, 0.4) is 0 Å². The lowest BCUT2D eigenvalue weighted by molar-refractivity contribution is 0.155. The molecule has 0 aliphatic heterocycles. The number of aromatic nitrogens is 3. The molecule has 2 aromatic heterocycles. The molecule has 6 nitrogen and oxygen atoms in total. The minimum absolute atomic E-state index is 0.159. The quantitative estimate of drug-likeness (QED) is 0.773. The van der Waals surface area contributed by atoms with Crippen LogP contribution >= 0.6 is 22.6 Å². The molecule has 0 unspecified atom stereocenters. The zero-order chi connectivity index (χ0) is 12.3. The fourth-order valence-electron chi connectivity index (χ4n) is 1.32. The van der Waals surface area contributed by atoms with E-state index in [1.807, 2.05) is 22.6 Å². The van der Waals surface area contributed by atoms with Gasteiger partial charge >= 0.3 is 0 Å². The maximum Gasteiger partial charge on any atom is 0.268 e. The standard InChI is InChI=1S/C10H10IN3O3/c1-16-6-9-3-8(13-17-9)5-14-10(15)2-7(11)4-12-14/h2-4H,5-6H2,1H3. The Morgan fingerprint density at radius 3 is 3.06 bits per heavy atom. The van der Waals surface area contributed by atoms with Crippen molar-refractivity contribution < 1.29 is 9.26 Å². The Morgan fingerprint density at radius 2 is 2.35 bits per heavy atom. The van der Waals surface area contributed by atoms with Crippen LogP contribution in [0.1, 0.15) is 11.5 Å². The second kappa shape index (κ2) is 5.41. The molecule has 2 rings (SSSR count). The fraction of sp³-hybridized carbons (Fsp3) is 0.300. The Kier molecular flexibility index (Phi) is 3.89. The molecule has 0 radical (unpaired) electrons. The molecule has 0 spiro atoms. The molecule has 0 saturated carbocycles. The first kappa shape index (κ1) is 12.2. The SMILES string of the molecule is COCc1cc(Cn2ncc(I)cc2=O)no1. The monoisotopic (exact) mass is 347 g/mol. The number of nitrogens with zero attached hydrogens (tertiary/aromatic N) is 3. The summed E-state index contributed by atoms with van der Waals surface area (Å²) in [7, 11) is 1.58. The zero-order valence-electron chi connectivity index (χ0n) is 9.09. The number of ether oxygens (including phenoxy) is 1. The van der Waals surface area contributed by atoms with E-state index in [0.717, 1.165) is 3.57 Å². The Hall–Kier alpha value is -1.22. The summed E-state index contributed by atoms with van der Waals surface area (Å²) in [5.74, 6) is 0.626. The van der Waals surface area contributed by atoms with Crippen molar-refractivity contribution >= 4 is 22.6 Å². The van der Waals surface area contributed by atoms with Crippen LogP contribution in [0.5, 0.6) is 0 Å². The molecule has 7 heteroatoms. The average molecular weight is 347 g/mol. The van der Waals surface area contributed by atoms with Crippen molar-refractivity contribution in [1.82, 2.24) is 14.9 Å². The molecule has 0 fully saturated rings. The van der Waals surface area contributed by atoms with Gasteiger partial charge in [-0.25, -0.2) is 4.68 Å². The van der Waals surface area contributed by atoms with Crippen molar-refractivity contribution in [1.29, 1.82) is 0 Å². The van der Waals surface area contributed by atoms with Crippen LogP contribution in [0.25, 0.3) is 0 Å². The summed E-state index contributed by atoms with van der Waals surface area (Å²) in [5, 5.41) is 7.85. The molecule has 2 aromatic rings. The zero-order valence-corrected chi connectivity index (χ0v) is 11.2. The van der Waals surface area contributed by atoms with E-state index < -0.39 is 0 Å². The number of rotatable bonds is 4. The van der Waals surface area contributed by atoms with Gasteiger partial charge in [-0.3, -0.25) is 4.79 Å². The summed E-state index contributed by atoms with van der Waals surface area (Å²) in [6, 6.07) is 3.26. The van der Waals surface area contributed by atoms with E-state index in [9.17, 15) is 4.79 Å².